The first kappa shape index (κ1) is 12.9. The van der Waals surface area contributed by atoms with E-state index >= 15 is 0 Å². The predicted octanol–water partition coefficient (Wildman–Crippen LogP) is 3.40. The van der Waals surface area contributed by atoms with E-state index in [1.807, 2.05) is 12.1 Å². The molecule has 3 unspecified atom stereocenters. The van der Waals surface area contributed by atoms with E-state index in [4.69, 9.17) is 10.5 Å². The highest BCUT2D eigenvalue weighted by Crippen LogP contribution is 2.66. The average molecular weight is 260 g/mol. The monoisotopic (exact) mass is 260 g/mol. The van der Waals surface area contributed by atoms with Crippen molar-refractivity contribution in [3.8, 4) is 0 Å². The molecule has 2 fully saturated rings. The Labute approximate surface area is 115 Å². The summed E-state index contributed by atoms with van der Waals surface area (Å²) < 4.78 is 6.22. The summed E-state index contributed by atoms with van der Waals surface area (Å²) >= 11 is 0. The summed E-state index contributed by atoms with van der Waals surface area (Å²) in [7, 11) is 0. The third kappa shape index (κ3) is 1.78. The quantitative estimate of drug-likeness (QED) is 0.906. The highest BCUT2D eigenvalue weighted by Gasteiger charge is 2.61. The van der Waals surface area contributed by atoms with Gasteiger partial charge in [0.1, 0.15) is 5.82 Å². The van der Waals surface area contributed by atoms with Crippen LogP contribution in [0.5, 0.6) is 0 Å². The molecular formula is C16H24N2O. The molecule has 0 saturated heterocycles. The molecule has 0 aromatic carbocycles. The summed E-state index contributed by atoms with van der Waals surface area (Å²) in [4.78, 5) is 4.12. The number of pyridine rings is 1. The SMILES string of the molecule is CC1(C)C2CCC1(C)C(OCc1cccnc1N)C2. The van der Waals surface area contributed by atoms with Crippen LogP contribution in [-0.2, 0) is 11.3 Å². The lowest BCUT2D eigenvalue weighted by Crippen LogP contribution is -2.37. The van der Waals surface area contributed by atoms with Gasteiger partial charge in [-0.3, -0.25) is 0 Å². The van der Waals surface area contributed by atoms with Crippen molar-refractivity contribution >= 4 is 5.82 Å². The van der Waals surface area contributed by atoms with Crippen LogP contribution in [0.2, 0.25) is 0 Å². The van der Waals surface area contributed by atoms with Crippen LogP contribution >= 0.6 is 0 Å². The summed E-state index contributed by atoms with van der Waals surface area (Å²) in [5.41, 5.74) is 7.60. The molecule has 3 heteroatoms. The Kier molecular flexibility index (Phi) is 2.86. The zero-order chi connectivity index (χ0) is 13.7. The number of rotatable bonds is 3. The molecule has 2 aliphatic carbocycles. The minimum Gasteiger partial charge on any atom is -0.383 e. The van der Waals surface area contributed by atoms with Crippen LogP contribution < -0.4 is 5.73 Å². The number of nitrogen functional groups attached to an aromatic ring is 1. The predicted molar refractivity (Wildman–Crippen MR) is 76.5 cm³/mol. The highest BCUT2D eigenvalue weighted by atomic mass is 16.5. The molecule has 1 heterocycles. The third-order valence-electron chi connectivity index (χ3n) is 6.08. The van der Waals surface area contributed by atoms with Gasteiger partial charge < -0.3 is 10.5 Å². The lowest BCUT2D eigenvalue weighted by Gasteiger charge is -2.39. The normalized spacial score (nSPS) is 35.7. The maximum Gasteiger partial charge on any atom is 0.128 e. The number of nitrogens with zero attached hydrogens (tertiary/aromatic N) is 1. The maximum atomic E-state index is 6.22. The van der Waals surface area contributed by atoms with Crippen LogP contribution in [-0.4, -0.2) is 11.1 Å². The molecule has 3 atom stereocenters. The van der Waals surface area contributed by atoms with Gasteiger partial charge in [0.2, 0.25) is 0 Å². The van der Waals surface area contributed by atoms with E-state index in [1.54, 1.807) is 6.20 Å². The molecular weight excluding hydrogens is 236 g/mol. The van der Waals surface area contributed by atoms with Gasteiger partial charge in [-0.2, -0.15) is 0 Å². The van der Waals surface area contributed by atoms with Gasteiger partial charge in [-0.15, -0.1) is 0 Å². The smallest absolute Gasteiger partial charge is 0.128 e. The fourth-order valence-electron chi connectivity index (χ4n) is 4.15. The Morgan fingerprint density at radius 1 is 1.42 bits per heavy atom. The Hall–Kier alpha value is -1.09. The van der Waals surface area contributed by atoms with Crippen molar-refractivity contribution in [3.63, 3.8) is 0 Å². The van der Waals surface area contributed by atoms with Crippen molar-refractivity contribution in [2.24, 2.45) is 16.7 Å². The summed E-state index contributed by atoms with van der Waals surface area (Å²) in [5.74, 6) is 1.41. The van der Waals surface area contributed by atoms with Crippen molar-refractivity contribution in [2.45, 2.75) is 52.7 Å². The Bertz CT molecular complexity index is 485. The van der Waals surface area contributed by atoms with E-state index in [9.17, 15) is 0 Å². The van der Waals surface area contributed by atoms with E-state index in [2.05, 4.69) is 25.8 Å². The molecule has 104 valence electrons. The topological polar surface area (TPSA) is 48.1 Å². The molecule has 3 rings (SSSR count). The highest BCUT2D eigenvalue weighted by molar-refractivity contribution is 5.37. The average Bonchev–Trinajstić information content (AvgIpc) is 2.70. The standard InChI is InChI=1S/C16H24N2O/c1-15(2)12-6-7-16(15,3)13(9-12)19-10-11-5-4-8-18-14(11)17/h4-5,8,12-13H,6-7,9-10H2,1-3H3,(H2,17,18). The summed E-state index contributed by atoms with van der Waals surface area (Å²) in [6, 6.07) is 3.92. The molecule has 2 saturated carbocycles. The van der Waals surface area contributed by atoms with Crippen LogP contribution in [0.1, 0.15) is 45.6 Å². The number of nitrogens with two attached hydrogens (primary N) is 1. The summed E-state index contributed by atoms with van der Waals surface area (Å²) in [6.45, 7) is 7.80. The van der Waals surface area contributed by atoms with Gasteiger partial charge in [0.05, 0.1) is 12.7 Å². The van der Waals surface area contributed by atoms with Gasteiger partial charge in [0.25, 0.3) is 0 Å². The molecule has 0 radical (unpaired) electrons. The maximum absolute atomic E-state index is 6.22. The van der Waals surface area contributed by atoms with Gasteiger partial charge >= 0.3 is 0 Å². The van der Waals surface area contributed by atoms with Crippen LogP contribution in [0.4, 0.5) is 5.82 Å². The second-order valence-corrected chi connectivity index (χ2v) is 6.96. The van der Waals surface area contributed by atoms with Crippen molar-refractivity contribution in [2.75, 3.05) is 5.73 Å². The van der Waals surface area contributed by atoms with E-state index in [1.165, 1.54) is 19.3 Å². The number of aromatic nitrogens is 1. The van der Waals surface area contributed by atoms with Crippen LogP contribution in [0, 0.1) is 16.7 Å². The number of ether oxygens (including phenoxy) is 1. The fraction of sp³-hybridized carbons (Fsp3) is 0.688. The molecule has 0 spiro atoms. The minimum absolute atomic E-state index is 0.314. The molecule has 1 aromatic rings. The van der Waals surface area contributed by atoms with Gasteiger partial charge in [0.15, 0.2) is 0 Å². The zero-order valence-corrected chi connectivity index (χ0v) is 12.1. The molecule has 0 aliphatic heterocycles. The molecule has 19 heavy (non-hydrogen) atoms. The first-order valence-electron chi connectivity index (χ1n) is 7.26. The van der Waals surface area contributed by atoms with Crippen molar-refractivity contribution in [3.05, 3.63) is 23.9 Å². The first-order valence-corrected chi connectivity index (χ1v) is 7.26. The molecule has 3 nitrogen and oxygen atoms in total. The van der Waals surface area contributed by atoms with Gasteiger partial charge in [-0.05, 0) is 42.1 Å². The lowest BCUT2D eigenvalue weighted by molar-refractivity contribution is -0.0549. The van der Waals surface area contributed by atoms with E-state index in [0.717, 1.165) is 11.5 Å². The largest absolute Gasteiger partial charge is 0.383 e. The fourth-order valence-corrected chi connectivity index (χ4v) is 4.15. The van der Waals surface area contributed by atoms with Crippen molar-refractivity contribution in [1.29, 1.82) is 0 Å². The second-order valence-electron chi connectivity index (χ2n) is 6.96. The van der Waals surface area contributed by atoms with Gasteiger partial charge in [0, 0.05) is 11.8 Å². The van der Waals surface area contributed by atoms with E-state index < -0.39 is 0 Å². The number of anilines is 1. The van der Waals surface area contributed by atoms with Crippen molar-refractivity contribution in [1.82, 2.24) is 4.98 Å². The molecule has 2 N–H and O–H groups in total. The molecule has 2 aliphatic rings. The number of hydrogen-bond acceptors (Lipinski definition) is 3. The zero-order valence-electron chi connectivity index (χ0n) is 12.1. The number of hydrogen-bond donors (Lipinski definition) is 1. The van der Waals surface area contributed by atoms with Crippen LogP contribution in [0.25, 0.3) is 0 Å². The van der Waals surface area contributed by atoms with Crippen LogP contribution in [0.3, 0.4) is 0 Å². The third-order valence-corrected chi connectivity index (χ3v) is 6.08. The van der Waals surface area contributed by atoms with E-state index in [0.29, 0.717) is 29.4 Å². The summed E-state index contributed by atoms with van der Waals surface area (Å²) in [5, 5.41) is 0. The Morgan fingerprint density at radius 2 is 2.21 bits per heavy atom. The molecule has 2 bridgehead atoms. The number of fused-ring (bicyclic) bond motifs is 2. The minimum atomic E-state index is 0.314. The first-order chi connectivity index (χ1) is 8.95. The molecule has 0 amide bonds. The Balaban J connectivity index is 1.71. The Morgan fingerprint density at radius 3 is 2.79 bits per heavy atom. The van der Waals surface area contributed by atoms with Crippen LogP contribution in [0.15, 0.2) is 18.3 Å². The summed E-state index contributed by atoms with van der Waals surface area (Å²) in [6.07, 6.45) is 5.93. The van der Waals surface area contributed by atoms with Crippen molar-refractivity contribution < 1.29 is 4.74 Å². The second kappa shape index (κ2) is 4.20. The van der Waals surface area contributed by atoms with E-state index in [-0.39, 0.29) is 0 Å². The lowest BCUT2D eigenvalue weighted by atomic mass is 9.70. The van der Waals surface area contributed by atoms with Gasteiger partial charge in [-0.25, -0.2) is 4.98 Å². The molecule has 1 aromatic heterocycles. The van der Waals surface area contributed by atoms with Gasteiger partial charge in [-0.1, -0.05) is 26.8 Å².